The van der Waals surface area contributed by atoms with Crippen LogP contribution in [0.15, 0.2) is 29.2 Å². The third-order valence-electron chi connectivity index (χ3n) is 7.24. The molecule has 5 rings (SSSR count). The summed E-state index contributed by atoms with van der Waals surface area (Å²) < 4.78 is 22.7. The van der Waals surface area contributed by atoms with E-state index in [1.54, 1.807) is 12.1 Å². The van der Waals surface area contributed by atoms with Crippen molar-refractivity contribution in [2.75, 3.05) is 6.54 Å². The molecule has 30 heavy (non-hydrogen) atoms. The Labute approximate surface area is 178 Å². The van der Waals surface area contributed by atoms with Gasteiger partial charge in [0.15, 0.2) is 0 Å². The van der Waals surface area contributed by atoms with Crippen LogP contribution in [-0.4, -0.2) is 26.8 Å². The average molecular weight is 434 g/mol. The van der Waals surface area contributed by atoms with Gasteiger partial charge in [0, 0.05) is 18.4 Å². The Kier molecular flexibility index (Phi) is 5.66. The number of sulfonamides is 1. The Morgan fingerprint density at radius 2 is 1.60 bits per heavy atom. The molecular weight excluding hydrogens is 402 g/mol. The van der Waals surface area contributed by atoms with Gasteiger partial charge in [-0.25, -0.2) is 13.6 Å². The predicted octanol–water partition coefficient (Wildman–Crippen LogP) is 2.23. The van der Waals surface area contributed by atoms with Crippen LogP contribution in [0, 0.1) is 23.2 Å². The smallest absolute Gasteiger partial charge is 0.238 e. The number of carbonyl (C=O) groups is 2. The number of primary sulfonamides is 1. The molecule has 4 N–H and O–H groups in total. The van der Waals surface area contributed by atoms with E-state index in [1.807, 2.05) is 6.92 Å². The summed E-state index contributed by atoms with van der Waals surface area (Å²) in [6, 6.07) is 5.86. The molecule has 0 radical (unpaired) electrons. The first-order chi connectivity index (χ1) is 14.1. The molecule has 4 aliphatic rings. The summed E-state index contributed by atoms with van der Waals surface area (Å²) in [6.07, 6.45) is 7.16. The molecule has 164 valence electrons. The summed E-state index contributed by atoms with van der Waals surface area (Å²) >= 11 is 0. The number of nitrogens with two attached hydrogens (primary N) is 1. The molecule has 2 amide bonds. The molecule has 8 heteroatoms. The Balaban J connectivity index is 1.24. The molecule has 0 aliphatic heterocycles. The highest BCUT2D eigenvalue weighted by atomic mass is 32.2. The number of carbonyl (C=O) groups excluding carboxylic acids is 2. The highest BCUT2D eigenvalue weighted by Crippen LogP contribution is 2.60. The SMILES string of the molecule is C[C@@H](NC(=O)CCNC(=O)C12CC3CC(CC(C3)C1)C2)c1ccc(S(N)(=O)=O)cc1. The lowest BCUT2D eigenvalue weighted by molar-refractivity contribution is -0.146. The third-order valence-corrected chi connectivity index (χ3v) is 8.17. The highest BCUT2D eigenvalue weighted by Gasteiger charge is 2.54. The molecule has 1 atom stereocenters. The summed E-state index contributed by atoms with van der Waals surface area (Å²) in [5, 5.41) is 11.0. The fraction of sp³-hybridized carbons (Fsp3) is 0.636. The average Bonchev–Trinajstić information content (AvgIpc) is 2.66. The number of rotatable bonds is 7. The molecule has 0 spiro atoms. The van der Waals surface area contributed by atoms with Crippen molar-refractivity contribution >= 4 is 21.8 Å². The van der Waals surface area contributed by atoms with Crippen molar-refractivity contribution in [3.05, 3.63) is 29.8 Å². The zero-order chi connectivity index (χ0) is 21.5. The first-order valence-electron chi connectivity index (χ1n) is 10.8. The minimum atomic E-state index is -3.73. The van der Waals surface area contributed by atoms with Crippen molar-refractivity contribution in [2.24, 2.45) is 28.3 Å². The van der Waals surface area contributed by atoms with Crippen LogP contribution in [0.2, 0.25) is 0 Å². The summed E-state index contributed by atoms with van der Waals surface area (Å²) in [7, 11) is -3.73. The van der Waals surface area contributed by atoms with Gasteiger partial charge in [-0.1, -0.05) is 12.1 Å². The topological polar surface area (TPSA) is 118 Å². The lowest BCUT2D eigenvalue weighted by Gasteiger charge is -2.55. The van der Waals surface area contributed by atoms with E-state index in [4.69, 9.17) is 5.14 Å². The first-order valence-corrected chi connectivity index (χ1v) is 12.4. The van der Waals surface area contributed by atoms with Gasteiger partial charge in [-0.15, -0.1) is 0 Å². The summed E-state index contributed by atoms with van der Waals surface area (Å²) in [6.45, 7) is 2.17. The van der Waals surface area contributed by atoms with E-state index in [0.717, 1.165) is 24.8 Å². The number of amides is 2. The second-order valence-corrected chi connectivity index (χ2v) is 11.2. The molecule has 1 aromatic carbocycles. The summed E-state index contributed by atoms with van der Waals surface area (Å²) in [5.41, 5.74) is 0.595. The Morgan fingerprint density at radius 3 is 2.10 bits per heavy atom. The van der Waals surface area contributed by atoms with Crippen LogP contribution in [0.3, 0.4) is 0 Å². The van der Waals surface area contributed by atoms with Crippen molar-refractivity contribution in [1.82, 2.24) is 10.6 Å². The summed E-state index contributed by atoms with van der Waals surface area (Å²) in [5.74, 6) is 2.13. The van der Waals surface area contributed by atoms with Gasteiger partial charge in [-0.2, -0.15) is 0 Å². The number of nitrogens with one attached hydrogen (secondary N) is 2. The lowest BCUT2D eigenvalue weighted by atomic mass is 9.49. The van der Waals surface area contributed by atoms with Crippen LogP contribution >= 0.6 is 0 Å². The molecule has 0 saturated heterocycles. The van der Waals surface area contributed by atoms with Crippen LogP contribution in [0.4, 0.5) is 0 Å². The fourth-order valence-electron chi connectivity index (χ4n) is 6.21. The molecular formula is C22H31N3O4S. The van der Waals surface area contributed by atoms with Gasteiger partial charge in [0.2, 0.25) is 21.8 Å². The van der Waals surface area contributed by atoms with Gasteiger partial charge in [-0.3, -0.25) is 9.59 Å². The minimum Gasteiger partial charge on any atom is -0.355 e. The lowest BCUT2D eigenvalue weighted by Crippen LogP contribution is -2.53. The Morgan fingerprint density at radius 1 is 1.07 bits per heavy atom. The second kappa shape index (κ2) is 7.96. The third kappa shape index (κ3) is 4.39. The number of hydrogen-bond acceptors (Lipinski definition) is 4. The van der Waals surface area contributed by atoms with Crippen molar-refractivity contribution in [2.45, 2.75) is 62.8 Å². The maximum Gasteiger partial charge on any atom is 0.238 e. The molecule has 4 bridgehead atoms. The van der Waals surface area contributed by atoms with Crippen LogP contribution in [0.1, 0.15) is 63.5 Å². The molecule has 0 heterocycles. The maximum absolute atomic E-state index is 12.9. The molecule has 0 aromatic heterocycles. The van der Waals surface area contributed by atoms with Crippen LogP contribution in [0.25, 0.3) is 0 Å². The van der Waals surface area contributed by atoms with Gasteiger partial charge in [-0.05, 0) is 80.9 Å². The van der Waals surface area contributed by atoms with Gasteiger partial charge in [0.1, 0.15) is 0 Å². The van der Waals surface area contributed by atoms with Crippen molar-refractivity contribution < 1.29 is 18.0 Å². The summed E-state index contributed by atoms with van der Waals surface area (Å²) in [4.78, 5) is 25.3. The van der Waals surface area contributed by atoms with Gasteiger partial charge in [0.05, 0.1) is 10.9 Å². The maximum atomic E-state index is 12.9. The van der Waals surface area contributed by atoms with Crippen LogP contribution in [0.5, 0.6) is 0 Å². The van der Waals surface area contributed by atoms with E-state index in [9.17, 15) is 18.0 Å². The van der Waals surface area contributed by atoms with Crippen LogP contribution in [-0.2, 0) is 19.6 Å². The van der Waals surface area contributed by atoms with Gasteiger partial charge < -0.3 is 10.6 Å². The number of hydrogen-bond donors (Lipinski definition) is 3. The Bertz CT molecular complexity index is 891. The fourth-order valence-corrected chi connectivity index (χ4v) is 6.72. The van der Waals surface area contributed by atoms with E-state index in [0.29, 0.717) is 24.3 Å². The van der Waals surface area contributed by atoms with Crippen molar-refractivity contribution in [1.29, 1.82) is 0 Å². The standard InChI is InChI=1S/C22H31N3O4S/c1-14(18-2-4-19(5-3-18)30(23,28)29)25-20(26)6-7-24-21(27)22-11-15-8-16(12-22)10-17(9-15)13-22/h2-5,14-17H,6-13H2,1H3,(H,24,27)(H,25,26)(H2,23,28,29)/t14-,15?,16?,17?,22?/m1/s1. The van der Waals surface area contributed by atoms with E-state index in [1.165, 1.54) is 31.4 Å². The first kappa shape index (κ1) is 21.3. The van der Waals surface area contributed by atoms with E-state index in [2.05, 4.69) is 10.6 Å². The quantitative estimate of drug-likeness (QED) is 0.611. The Hall–Kier alpha value is -1.93. The molecule has 4 saturated carbocycles. The molecule has 4 fully saturated rings. The van der Waals surface area contributed by atoms with Crippen molar-refractivity contribution in [3.8, 4) is 0 Å². The van der Waals surface area contributed by atoms with Crippen LogP contribution < -0.4 is 15.8 Å². The predicted molar refractivity (Wildman–Crippen MR) is 113 cm³/mol. The molecule has 0 unspecified atom stereocenters. The van der Waals surface area contributed by atoms with E-state index < -0.39 is 10.0 Å². The number of benzene rings is 1. The van der Waals surface area contributed by atoms with E-state index >= 15 is 0 Å². The largest absolute Gasteiger partial charge is 0.355 e. The highest BCUT2D eigenvalue weighted by molar-refractivity contribution is 7.89. The van der Waals surface area contributed by atoms with Crippen molar-refractivity contribution in [3.63, 3.8) is 0 Å². The minimum absolute atomic E-state index is 0.0390. The van der Waals surface area contributed by atoms with Gasteiger partial charge >= 0.3 is 0 Å². The monoisotopic (exact) mass is 433 g/mol. The zero-order valence-corrected chi connectivity index (χ0v) is 18.2. The van der Waals surface area contributed by atoms with Gasteiger partial charge in [0.25, 0.3) is 0 Å². The molecule has 1 aromatic rings. The zero-order valence-electron chi connectivity index (χ0n) is 17.4. The second-order valence-electron chi connectivity index (χ2n) is 9.61. The van der Waals surface area contributed by atoms with E-state index in [-0.39, 0.29) is 34.6 Å². The normalized spacial score (nSPS) is 30.7. The molecule has 4 aliphatic carbocycles. The molecule has 7 nitrogen and oxygen atoms in total.